The molecule has 1 fully saturated rings. The zero-order chi connectivity index (χ0) is 19.7. The predicted molar refractivity (Wildman–Crippen MR) is 102 cm³/mol. The van der Waals surface area contributed by atoms with Gasteiger partial charge in [-0.1, -0.05) is 13.0 Å². The van der Waals surface area contributed by atoms with E-state index in [1.165, 1.54) is 12.1 Å². The summed E-state index contributed by atoms with van der Waals surface area (Å²) in [6.07, 6.45) is 2.03. The van der Waals surface area contributed by atoms with Gasteiger partial charge in [0.25, 0.3) is 5.91 Å². The number of ketones is 1. The summed E-state index contributed by atoms with van der Waals surface area (Å²) < 4.78 is 19.7. The fourth-order valence-corrected chi connectivity index (χ4v) is 3.90. The molecule has 0 N–H and O–H groups in total. The molecule has 4 rings (SSSR count). The molecule has 28 heavy (non-hydrogen) atoms. The Hall–Kier alpha value is -2.96. The Morgan fingerprint density at radius 2 is 2.00 bits per heavy atom. The molecule has 146 valence electrons. The summed E-state index contributed by atoms with van der Waals surface area (Å²) in [5, 5.41) is 0. The number of pyridine rings is 1. The van der Waals surface area contributed by atoms with E-state index in [2.05, 4.69) is 9.88 Å². The third kappa shape index (κ3) is 3.44. The highest BCUT2D eigenvalue weighted by Gasteiger charge is 2.33. The third-order valence-electron chi connectivity index (χ3n) is 5.37. The van der Waals surface area contributed by atoms with E-state index in [0.29, 0.717) is 43.1 Å². The van der Waals surface area contributed by atoms with Crippen LogP contribution in [0, 0.1) is 5.82 Å². The quantitative estimate of drug-likeness (QED) is 0.812. The van der Waals surface area contributed by atoms with E-state index in [1.54, 1.807) is 11.1 Å². The minimum absolute atomic E-state index is 0.131. The predicted octanol–water partition coefficient (Wildman–Crippen LogP) is 2.64. The molecule has 0 saturated carbocycles. The van der Waals surface area contributed by atoms with Gasteiger partial charge in [0.05, 0.1) is 5.56 Å². The van der Waals surface area contributed by atoms with Gasteiger partial charge in [-0.2, -0.15) is 0 Å². The lowest BCUT2D eigenvalue weighted by Gasteiger charge is -2.35. The first kappa shape index (κ1) is 18.4. The van der Waals surface area contributed by atoms with Crippen molar-refractivity contribution in [3.63, 3.8) is 0 Å². The van der Waals surface area contributed by atoms with E-state index in [9.17, 15) is 14.0 Å². The Kier molecular flexibility index (Phi) is 4.98. The number of rotatable bonds is 4. The van der Waals surface area contributed by atoms with Gasteiger partial charge in [0, 0.05) is 44.4 Å². The number of hydrogen-bond acceptors (Lipinski definition) is 5. The molecule has 1 aliphatic heterocycles. The van der Waals surface area contributed by atoms with Gasteiger partial charge in [0.2, 0.25) is 0 Å². The Labute approximate surface area is 162 Å². The first-order chi connectivity index (χ1) is 13.5. The van der Waals surface area contributed by atoms with E-state index < -0.39 is 5.82 Å². The van der Waals surface area contributed by atoms with Crippen molar-refractivity contribution in [3.05, 3.63) is 53.5 Å². The highest BCUT2D eigenvalue weighted by Crippen LogP contribution is 2.39. The molecule has 6 nitrogen and oxygen atoms in total. The van der Waals surface area contributed by atoms with Crippen LogP contribution in [0.15, 0.2) is 36.5 Å². The van der Waals surface area contributed by atoms with Crippen LogP contribution in [0.25, 0.3) is 0 Å². The van der Waals surface area contributed by atoms with Crippen LogP contribution < -0.4 is 9.64 Å². The zero-order valence-corrected chi connectivity index (χ0v) is 15.7. The van der Waals surface area contributed by atoms with Crippen molar-refractivity contribution < 1.29 is 18.7 Å². The SMILES string of the molecule is C[C@@H]1CC(=O)c2c(OCC(=O)N3CCN(c4ccccn4)CC3)ccc(F)c21. The Balaban J connectivity index is 1.37. The molecule has 1 aromatic carbocycles. The number of fused-ring (bicyclic) bond motifs is 1. The highest BCUT2D eigenvalue weighted by molar-refractivity contribution is 6.03. The van der Waals surface area contributed by atoms with Crippen molar-refractivity contribution in [2.75, 3.05) is 37.7 Å². The number of benzene rings is 1. The second-order valence-corrected chi connectivity index (χ2v) is 7.21. The molecule has 0 bridgehead atoms. The van der Waals surface area contributed by atoms with Gasteiger partial charge < -0.3 is 14.5 Å². The van der Waals surface area contributed by atoms with Gasteiger partial charge in [-0.25, -0.2) is 9.37 Å². The van der Waals surface area contributed by atoms with Crippen LogP contribution in [-0.4, -0.2) is 54.4 Å². The van der Waals surface area contributed by atoms with Gasteiger partial charge in [-0.05, 0) is 30.2 Å². The van der Waals surface area contributed by atoms with Crippen LogP contribution in [0.3, 0.4) is 0 Å². The number of carbonyl (C=O) groups excluding carboxylic acids is 2. The van der Waals surface area contributed by atoms with E-state index in [4.69, 9.17) is 4.74 Å². The summed E-state index contributed by atoms with van der Waals surface area (Å²) in [5.41, 5.74) is 0.694. The van der Waals surface area contributed by atoms with Gasteiger partial charge in [-0.3, -0.25) is 9.59 Å². The number of carbonyl (C=O) groups is 2. The minimum Gasteiger partial charge on any atom is -0.483 e. The Bertz CT molecular complexity index is 895. The smallest absolute Gasteiger partial charge is 0.260 e. The minimum atomic E-state index is -0.391. The van der Waals surface area contributed by atoms with Crippen LogP contribution in [0.2, 0.25) is 0 Å². The summed E-state index contributed by atoms with van der Waals surface area (Å²) in [7, 11) is 0. The Morgan fingerprint density at radius 1 is 1.21 bits per heavy atom. The van der Waals surface area contributed by atoms with Crippen molar-refractivity contribution in [1.29, 1.82) is 0 Å². The number of aromatic nitrogens is 1. The van der Waals surface area contributed by atoms with Gasteiger partial charge in [0.1, 0.15) is 17.4 Å². The number of anilines is 1. The molecule has 1 atom stereocenters. The standard InChI is InChI=1S/C21H22FN3O3/c1-14-12-16(26)21-17(6-5-15(22)20(14)21)28-13-19(27)25-10-8-24(9-11-25)18-4-2-3-7-23-18/h2-7,14H,8-13H2,1H3/t14-/m1/s1. The van der Waals surface area contributed by atoms with Gasteiger partial charge in [0.15, 0.2) is 12.4 Å². The maximum atomic E-state index is 14.1. The lowest BCUT2D eigenvalue weighted by atomic mass is 10.0. The average molecular weight is 383 g/mol. The monoisotopic (exact) mass is 383 g/mol. The van der Waals surface area contributed by atoms with E-state index >= 15 is 0 Å². The van der Waals surface area contributed by atoms with Crippen LogP contribution in [0.1, 0.15) is 35.2 Å². The van der Waals surface area contributed by atoms with Crippen LogP contribution >= 0.6 is 0 Å². The maximum absolute atomic E-state index is 14.1. The van der Waals surface area contributed by atoms with Crippen molar-refractivity contribution in [2.24, 2.45) is 0 Å². The van der Waals surface area contributed by atoms with Gasteiger partial charge >= 0.3 is 0 Å². The molecule has 0 radical (unpaired) electrons. The van der Waals surface area contributed by atoms with E-state index in [-0.39, 0.29) is 30.6 Å². The lowest BCUT2D eigenvalue weighted by Crippen LogP contribution is -2.50. The van der Waals surface area contributed by atoms with Gasteiger partial charge in [-0.15, -0.1) is 0 Å². The molecule has 0 spiro atoms. The van der Waals surface area contributed by atoms with Crippen LogP contribution in [0.4, 0.5) is 10.2 Å². The number of hydrogen-bond donors (Lipinski definition) is 0. The van der Waals surface area contributed by atoms with Crippen LogP contribution in [-0.2, 0) is 4.79 Å². The molecular formula is C21H22FN3O3. The molecule has 2 aliphatic rings. The van der Waals surface area contributed by atoms with E-state index in [1.807, 2.05) is 25.1 Å². The molecule has 7 heteroatoms. The Morgan fingerprint density at radius 3 is 2.71 bits per heavy atom. The first-order valence-corrected chi connectivity index (χ1v) is 9.46. The molecule has 1 aromatic heterocycles. The fourth-order valence-electron chi connectivity index (χ4n) is 3.90. The van der Waals surface area contributed by atoms with Crippen molar-refractivity contribution in [2.45, 2.75) is 19.3 Å². The van der Waals surface area contributed by atoms with Crippen LogP contribution in [0.5, 0.6) is 5.75 Å². The topological polar surface area (TPSA) is 62.7 Å². The zero-order valence-electron chi connectivity index (χ0n) is 15.7. The van der Waals surface area contributed by atoms with Crippen molar-refractivity contribution >= 4 is 17.5 Å². The summed E-state index contributed by atoms with van der Waals surface area (Å²) >= 11 is 0. The number of halogens is 1. The summed E-state index contributed by atoms with van der Waals surface area (Å²) in [4.78, 5) is 33.0. The molecule has 1 saturated heterocycles. The number of ether oxygens (including phenoxy) is 1. The first-order valence-electron chi connectivity index (χ1n) is 9.46. The summed E-state index contributed by atoms with van der Waals surface area (Å²) in [6, 6.07) is 8.51. The van der Waals surface area contributed by atoms with Crippen molar-refractivity contribution in [3.8, 4) is 5.75 Å². The normalized spacial score (nSPS) is 18.9. The fraction of sp³-hybridized carbons (Fsp3) is 0.381. The number of nitrogens with zero attached hydrogens (tertiary/aromatic N) is 3. The maximum Gasteiger partial charge on any atom is 0.260 e. The second-order valence-electron chi connectivity index (χ2n) is 7.21. The molecule has 2 aromatic rings. The summed E-state index contributed by atoms with van der Waals surface area (Å²) in [6.45, 7) is 4.22. The molecule has 1 aliphatic carbocycles. The largest absolute Gasteiger partial charge is 0.483 e. The molecule has 2 heterocycles. The average Bonchev–Trinajstić information content (AvgIpc) is 3.03. The highest BCUT2D eigenvalue weighted by atomic mass is 19.1. The second kappa shape index (κ2) is 7.58. The molecular weight excluding hydrogens is 361 g/mol. The van der Waals surface area contributed by atoms with Crippen molar-refractivity contribution in [1.82, 2.24) is 9.88 Å². The summed E-state index contributed by atoms with van der Waals surface area (Å²) in [5.74, 6) is 0.372. The van der Waals surface area contributed by atoms with E-state index in [0.717, 1.165) is 5.82 Å². The molecule has 1 amide bonds. The number of amides is 1. The third-order valence-corrected chi connectivity index (χ3v) is 5.37. The number of Topliss-reactive ketones (excluding diaryl/α,β-unsaturated/α-hetero) is 1. The lowest BCUT2D eigenvalue weighted by molar-refractivity contribution is -0.133. The molecule has 0 unspecified atom stereocenters. The number of piperazine rings is 1.